The maximum atomic E-state index is 12.9. The standard InChI is InChI=1S/C22H21N7O/c1-28-13-15(12-25-28)19-7-10-24-22(27-19)29-11-8-16(14-29)26-21(30)18-4-2-6-20-17(18)5-3-9-23-20/h2-7,9-10,12-13,16H,8,11,14H2,1H3,(H,26,30). The van der Waals surface area contributed by atoms with E-state index in [0.717, 1.165) is 35.1 Å². The van der Waals surface area contributed by atoms with Crippen LogP contribution in [0.25, 0.3) is 22.2 Å². The van der Waals surface area contributed by atoms with Gasteiger partial charge in [-0.15, -0.1) is 0 Å². The van der Waals surface area contributed by atoms with Gasteiger partial charge in [-0.05, 0) is 30.7 Å². The fraction of sp³-hybridized carbons (Fsp3) is 0.227. The zero-order valence-corrected chi connectivity index (χ0v) is 16.6. The van der Waals surface area contributed by atoms with Gasteiger partial charge < -0.3 is 10.2 Å². The van der Waals surface area contributed by atoms with E-state index < -0.39 is 0 Å². The second-order valence-electron chi connectivity index (χ2n) is 7.43. The molecule has 4 aromatic rings. The van der Waals surface area contributed by atoms with Crippen molar-refractivity contribution in [1.29, 1.82) is 0 Å². The van der Waals surface area contributed by atoms with E-state index >= 15 is 0 Å². The first-order chi connectivity index (χ1) is 14.7. The van der Waals surface area contributed by atoms with E-state index in [9.17, 15) is 4.79 Å². The first-order valence-electron chi connectivity index (χ1n) is 9.89. The molecular formula is C22H21N7O. The van der Waals surface area contributed by atoms with E-state index in [2.05, 4.69) is 25.3 Å². The molecule has 0 saturated carbocycles. The molecule has 1 unspecified atom stereocenters. The number of aryl methyl sites for hydroxylation is 1. The van der Waals surface area contributed by atoms with Gasteiger partial charge in [0.25, 0.3) is 5.91 Å². The van der Waals surface area contributed by atoms with Gasteiger partial charge in [0.05, 0.1) is 17.4 Å². The Morgan fingerprint density at radius 2 is 2.07 bits per heavy atom. The largest absolute Gasteiger partial charge is 0.347 e. The van der Waals surface area contributed by atoms with Crippen LogP contribution in [0, 0.1) is 0 Å². The summed E-state index contributed by atoms with van der Waals surface area (Å²) in [5, 5.41) is 8.23. The van der Waals surface area contributed by atoms with Crippen molar-refractivity contribution in [2.75, 3.05) is 18.0 Å². The van der Waals surface area contributed by atoms with E-state index in [1.807, 2.05) is 49.6 Å². The summed E-state index contributed by atoms with van der Waals surface area (Å²) in [4.78, 5) is 28.5. The second kappa shape index (κ2) is 7.55. The molecule has 1 N–H and O–H groups in total. The van der Waals surface area contributed by atoms with Gasteiger partial charge in [-0.3, -0.25) is 14.5 Å². The molecule has 150 valence electrons. The van der Waals surface area contributed by atoms with E-state index in [4.69, 9.17) is 4.98 Å². The molecular weight excluding hydrogens is 378 g/mol. The summed E-state index contributed by atoms with van der Waals surface area (Å²) in [5.41, 5.74) is 3.26. The van der Waals surface area contributed by atoms with Gasteiger partial charge in [0.2, 0.25) is 5.95 Å². The van der Waals surface area contributed by atoms with Crippen molar-refractivity contribution in [3.8, 4) is 11.3 Å². The third-order valence-corrected chi connectivity index (χ3v) is 5.34. The number of fused-ring (bicyclic) bond motifs is 1. The van der Waals surface area contributed by atoms with Gasteiger partial charge in [-0.2, -0.15) is 5.10 Å². The number of hydrogen-bond acceptors (Lipinski definition) is 6. The van der Waals surface area contributed by atoms with E-state index in [-0.39, 0.29) is 11.9 Å². The SMILES string of the molecule is Cn1cc(-c2ccnc(N3CCC(NC(=O)c4cccc5ncccc45)C3)n2)cn1. The number of nitrogens with zero attached hydrogens (tertiary/aromatic N) is 6. The van der Waals surface area contributed by atoms with Crippen LogP contribution in [0.3, 0.4) is 0 Å². The molecule has 0 bridgehead atoms. The van der Waals surface area contributed by atoms with E-state index in [0.29, 0.717) is 18.1 Å². The summed E-state index contributed by atoms with van der Waals surface area (Å²) in [6.07, 6.45) is 8.06. The van der Waals surface area contributed by atoms with Crippen LogP contribution < -0.4 is 10.2 Å². The normalized spacial score (nSPS) is 16.2. The van der Waals surface area contributed by atoms with Crippen molar-refractivity contribution in [1.82, 2.24) is 30.0 Å². The lowest BCUT2D eigenvalue weighted by atomic mass is 10.1. The number of anilines is 1. The number of benzene rings is 1. The monoisotopic (exact) mass is 399 g/mol. The lowest BCUT2D eigenvalue weighted by Crippen LogP contribution is -2.37. The van der Waals surface area contributed by atoms with Crippen LogP contribution in [0.4, 0.5) is 5.95 Å². The maximum absolute atomic E-state index is 12.9. The predicted molar refractivity (Wildman–Crippen MR) is 114 cm³/mol. The second-order valence-corrected chi connectivity index (χ2v) is 7.43. The Kier molecular flexibility index (Phi) is 4.59. The number of pyridine rings is 1. The Balaban J connectivity index is 1.30. The van der Waals surface area contributed by atoms with Crippen LogP contribution in [0.2, 0.25) is 0 Å². The van der Waals surface area contributed by atoms with Crippen LogP contribution in [-0.4, -0.2) is 49.8 Å². The first kappa shape index (κ1) is 18.2. The number of aromatic nitrogens is 5. The summed E-state index contributed by atoms with van der Waals surface area (Å²) in [7, 11) is 1.88. The fourth-order valence-electron chi connectivity index (χ4n) is 3.84. The fourth-order valence-corrected chi connectivity index (χ4v) is 3.84. The van der Waals surface area contributed by atoms with Crippen LogP contribution >= 0.6 is 0 Å². The summed E-state index contributed by atoms with van der Waals surface area (Å²) in [5.74, 6) is 0.591. The molecule has 1 saturated heterocycles. The molecule has 1 amide bonds. The smallest absolute Gasteiger partial charge is 0.252 e. The Hall–Kier alpha value is -3.81. The van der Waals surface area contributed by atoms with Gasteiger partial charge in [0.15, 0.2) is 0 Å². The Morgan fingerprint density at radius 1 is 1.13 bits per heavy atom. The lowest BCUT2D eigenvalue weighted by molar-refractivity contribution is 0.0942. The van der Waals surface area contributed by atoms with Crippen LogP contribution in [-0.2, 0) is 7.05 Å². The molecule has 0 aliphatic carbocycles. The molecule has 4 heterocycles. The highest BCUT2D eigenvalue weighted by Crippen LogP contribution is 2.22. The van der Waals surface area contributed by atoms with Crippen molar-refractivity contribution >= 4 is 22.8 Å². The van der Waals surface area contributed by atoms with Crippen LogP contribution in [0.1, 0.15) is 16.8 Å². The number of amides is 1. The molecule has 1 aliphatic rings. The van der Waals surface area contributed by atoms with Gasteiger partial charge in [0, 0.05) is 61.3 Å². The Labute approximate surface area is 173 Å². The maximum Gasteiger partial charge on any atom is 0.252 e. The molecule has 1 atom stereocenters. The topological polar surface area (TPSA) is 88.8 Å². The summed E-state index contributed by atoms with van der Waals surface area (Å²) in [6, 6.07) is 11.3. The Bertz CT molecular complexity index is 1210. The van der Waals surface area contributed by atoms with Gasteiger partial charge >= 0.3 is 0 Å². The molecule has 30 heavy (non-hydrogen) atoms. The molecule has 1 fully saturated rings. The van der Waals surface area contributed by atoms with Crippen molar-refractivity contribution in [2.45, 2.75) is 12.5 Å². The van der Waals surface area contributed by atoms with Crippen LogP contribution in [0.5, 0.6) is 0 Å². The van der Waals surface area contributed by atoms with E-state index in [1.165, 1.54) is 0 Å². The minimum Gasteiger partial charge on any atom is -0.347 e. The van der Waals surface area contributed by atoms with Crippen molar-refractivity contribution < 1.29 is 4.79 Å². The lowest BCUT2D eigenvalue weighted by Gasteiger charge is -2.17. The molecule has 3 aromatic heterocycles. The highest BCUT2D eigenvalue weighted by molar-refractivity contribution is 6.06. The average molecular weight is 399 g/mol. The van der Waals surface area contributed by atoms with Gasteiger partial charge in [0.1, 0.15) is 0 Å². The van der Waals surface area contributed by atoms with Crippen molar-refractivity contribution in [3.63, 3.8) is 0 Å². The van der Waals surface area contributed by atoms with Crippen molar-refractivity contribution in [3.05, 3.63) is 66.7 Å². The number of rotatable bonds is 4. The third-order valence-electron chi connectivity index (χ3n) is 5.34. The molecule has 1 aromatic carbocycles. The number of nitrogens with one attached hydrogen (secondary N) is 1. The molecule has 0 spiro atoms. The summed E-state index contributed by atoms with van der Waals surface area (Å²) < 4.78 is 1.75. The summed E-state index contributed by atoms with van der Waals surface area (Å²) >= 11 is 0. The zero-order valence-electron chi connectivity index (χ0n) is 16.6. The molecule has 5 rings (SSSR count). The zero-order chi connectivity index (χ0) is 20.5. The highest BCUT2D eigenvalue weighted by atomic mass is 16.1. The molecule has 1 aliphatic heterocycles. The van der Waals surface area contributed by atoms with E-state index in [1.54, 1.807) is 23.3 Å². The Morgan fingerprint density at radius 3 is 2.93 bits per heavy atom. The first-order valence-corrected chi connectivity index (χ1v) is 9.89. The average Bonchev–Trinajstić information content (AvgIpc) is 3.42. The third kappa shape index (κ3) is 3.47. The molecule has 8 nitrogen and oxygen atoms in total. The number of carbonyl (C=O) groups excluding carboxylic acids is 1. The summed E-state index contributed by atoms with van der Waals surface area (Å²) in [6.45, 7) is 1.46. The number of hydrogen-bond donors (Lipinski definition) is 1. The highest BCUT2D eigenvalue weighted by Gasteiger charge is 2.26. The number of carbonyl (C=O) groups is 1. The minimum absolute atomic E-state index is 0.0371. The van der Waals surface area contributed by atoms with Gasteiger partial charge in [-0.25, -0.2) is 9.97 Å². The predicted octanol–water partition coefficient (Wildman–Crippen LogP) is 2.43. The minimum atomic E-state index is -0.0783. The van der Waals surface area contributed by atoms with Crippen LogP contribution in [0.15, 0.2) is 61.2 Å². The van der Waals surface area contributed by atoms with Gasteiger partial charge in [-0.1, -0.05) is 12.1 Å². The quantitative estimate of drug-likeness (QED) is 0.567. The molecule has 8 heteroatoms. The van der Waals surface area contributed by atoms with Crippen molar-refractivity contribution in [2.24, 2.45) is 7.05 Å². The molecule has 0 radical (unpaired) electrons.